The molecule has 0 spiro atoms. The van der Waals surface area contributed by atoms with Gasteiger partial charge in [-0.1, -0.05) is 12.1 Å². The van der Waals surface area contributed by atoms with E-state index in [9.17, 15) is 4.79 Å². The van der Waals surface area contributed by atoms with Gasteiger partial charge in [0.25, 0.3) is 0 Å². The number of phenols is 1. The van der Waals surface area contributed by atoms with Crippen molar-refractivity contribution in [1.82, 2.24) is 0 Å². The number of ether oxygens (including phenoxy) is 1. The molecule has 1 aromatic carbocycles. The quantitative estimate of drug-likeness (QED) is 0.752. The highest BCUT2D eigenvalue weighted by Gasteiger charge is 2.24. The average Bonchev–Trinajstić information content (AvgIpc) is 3.13. The number of aromatic hydroxyl groups is 1. The maximum atomic E-state index is 11.5. The van der Waals surface area contributed by atoms with Gasteiger partial charge in [-0.15, -0.1) is 0 Å². The molecule has 4 heteroatoms. The first-order chi connectivity index (χ1) is 8.15. The predicted molar refractivity (Wildman–Crippen MR) is 63.5 cm³/mol. The van der Waals surface area contributed by atoms with Crippen molar-refractivity contribution in [2.24, 2.45) is 11.7 Å². The van der Waals surface area contributed by atoms with Gasteiger partial charge >= 0.3 is 5.97 Å². The van der Waals surface area contributed by atoms with Crippen LogP contribution >= 0.6 is 0 Å². The summed E-state index contributed by atoms with van der Waals surface area (Å²) < 4.78 is 5.11. The van der Waals surface area contributed by atoms with Gasteiger partial charge in [0.2, 0.25) is 0 Å². The molecule has 0 unspecified atom stereocenters. The van der Waals surface area contributed by atoms with Crippen LogP contribution in [0.2, 0.25) is 0 Å². The van der Waals surface area contributed by atoms with Gasteiger partial charge in [0.05, 0.1) is 6.61 Å². The van der Waals surface area contributed by atoms with Crippen LogP contribution in [0.25, 0.3) is 0 Å². The van der Waals surface area contributed by atoms with Crippen LogP contribution in [0.3, 0.4) is 0 Å². The molecule has 17 heavy (non-hydrogen) atoms. The zero-order valence-electron chi connectivity index (χ0n) is 9.63. The zero-order valence-corrected chi connectivity index (χ0v) is 9.63. The summed E-state index contributed by atoms with van der Waals surface area (Å²) in [5.41, 5.74) is 6.67. The van der Waals surface area contributed by atoms with E-state index < -0.39 is 6.04 Å². The number of rotatable bonds is 5. The summed E-state index contributed by atoms with van der Waals surface area (Å²) in [6, 6.07) is 6.04. The SMILES string of the molecule is N[C@H](Cc1ccc(O)cc1)C(=O)OCC1CC1. The summed E-state index contributed by atoms with van der Waals surface area (Å²) in [6.07, 6.45) is 2.74. The number of benzene rings is 1. The Balaban J connectivity index is 1.80. The predicted octanol–water partition coefficient (Wildman–Crippen LogP) is 1.22. The Bertz CT molecular complexity index is 384. The summed E-state index contributed by atoms with van der Waals surface area (Å²) in [7, 11) is 0. The third kappa shape index (κ3) is 3.75. The molecule has 1 aliphatic rings. The Morgan fingerprint density at radius 3 is 2.65 bits per heavy atom. The lowest BCUT2D eigenvalue weighted by atomic mass is 10.1. The molecule has 3 N–H and O–H groups in total. The summed E-state index contributed by atoms with van der Waals surface area (Å²) in [6.45, 7) is 0.502. The van der Waals surface area contributed by atoms with Crippen molar-refractivity contribution in [3.63, 3.8) is 0 Å². The summed E-state index contributed by atoms with van der Waals surface area (Å²) >= 11 is 0. The lowest BCUT2D eigenvalue weighted by molar-refractivity contribution is -0.145. The molecular weight excluding hydrogens is 218 g/mol. The number of hydrogen-bond acceptors (Lipinski definition) is 4. The van der Waals surface area contributed by atoms with Crippen molar-refractivity contribution in [2.45, 2.75) is 25.3 Å². The van der Waals surface area contributed by atoms with Gasteiger partial charge in [-0.2, -0.15) is 0 Å². The van der Waals surface area contributed by atoms with Gasteiger partial charge in [-0.25, -0.2) is 0 Å². The molecule has 92 valence electrons. The molecule has 1 fully saturated rings. The number of carbonyl (C=O) groups excluding carboxylic acids is 1. The molecule has 0 aromatic heterocycles. The first-order valence-electron chi connectivity index (χ1n) is 5.85. The number of hydrogen-bond donors (Lipinski definition) is 2. The van der Waals surface area contributed by atoms with Crippen LogP contribution in [0.4, 0.5) is 0 Å². The Morgan fingerprint density at radius 1 is 1.41 bits per heavy atom. The molecule has 0 heterocycles. The molecule has 2 rings (SSSR count). The minimum absolute atomic E-state index is 0.207. The Hall–Kier alpha value is -1.55. The lowest BCUT2D eigenvalue weighted by Crippen LogP contribution is -2.34. The molecular formula is C13H17NO3. The first-order valence-corrected chi connectivity index (χ1v) is 5.85. The minimum Gasteiger partial charge on any atom is -0.508 e. The fourth-order valence-electron chi connectivity index (χ4n) is 1.56. The molecule has 0 bridgehead atoms. The summed E-state index contributed by atoms with van der Waals surface area (Å²) in [5, 5.41) is 9.13. The van der Waals surface area contributed by atoms with Crippen LogP contribution in [0.15, 0.2) is 24.3 Å². The molecule has 1 atom stereocenters. The van der Waals surface area contributed by atoms with Crippen molar-refractivity contribution >= 4 is 5.97 Å². The van der Waals surface area contributed by atoms with Gasteiger partial charge < -0.3 is 15.6 Å². The zero-order chi connectivity index (χ0) is 12.3. The van der Waals surface area contributed by atoms with E-state index in [1.165, 1.54) is 0 Å². The van der Waals surface area contributed by atoms with E-state index in [0.717, 1.165) is 18.4 Å². The van der Waals surface area contributed by atoms with E-state index in [4.69, 9.17) is 15.6 Å². The van der Waals surface area contributed by atoms with Crippen molar-refractivity contribution in [3.8, 4) is 5.75 Å². The standard InChI is InChI=1S/C13H17NO3/c14-12(13(16)17-8-10-1-2-10)7-9-3-5-11(15)6-4-9/h3-6,10,12,15H,1-2,7-8,14H2/t12-/m1/s1. The molecule has 0 aliphatic heterocycles. The van der Waals surface area contributed by atoms with E-state index in [-0.39, 0.29) is 11.7 Å². The largest absolute Gasteiger partial charge is 0.508 e. The third-order valence-electron chi connectivity index (χ3n) is 2.85. The molecule has 4 nitrogen and oxygen atoms in total. The lowest BCUT2D eigenvalue weighted by Gasteiger charge is -2.11. The molecule has 1 aromatic rings. The van der Waals surface area contributed by atoms with Crippen LogP contribution in [-0.2, 0) is 16.0 Å². The number of nitrogens with two attached hydrogens (primary N) is 1. The van der Waals surface area contributed by atoms with Crippen LogP contribution in [0.1, 0.15) is 18.4 Å². The minimum atomic E-state index is -0.627. The topological polar surface area (TPSA) is 72.5 Å². The number of carbonyl (C=O) groups is 1. The van der Waals surface area contributed by atoms with E-state index in [1.807, 2.05) is 0 Å². The second-order valence-corrected chi connectivity index (χ2v) is 4.55. The van der Waals surface area contributed by atoms with Gasteiger partial charge in [-0.3, -0.25) is 4.79 Å². The van der Waals surface area contributed by atoms with E-state index in [1.54, 1.807) is 24.3 Å². The van der Waals surface area contributed by atoms with Crippen molar-refractivity contribution in [3.05, 3.63) is 29.8 Å². The van der Waals surface area contributed by atoms with Crippen LogP contribution in [0.5, 0.6) is 5.75 Å². The number of esters is 1. The maximum absolute atomic E-state index is 11.5. The van der Waals surface area contributed by atoms with E-state index in [0.29, 0.717) is 18.9 Å². The van der Waals surface area contributed by atoms with Crippen LogP contribution in [0, 0.1) is 5.92 Å². The number of phenolic OH excluding ortho intramolecular Hbond substituents is 1. The fraction of sp³-hybridized carbons (Fsp3) is 0.462. The van der Waals surface area contributed by atoms with Crippen LogP contribution in [-0.4, -0.2) is 23.7 Å². The molecule has 0 radical (unpaired) electrons. The monoisotopic (exact) mass is 235 g/mol. The smallest absolute Gasteiger partial charge is 0.323 e. The second-order valence-electron chi connectivity index (χ2n) is 4.55. The highest BCUT2D eigenvalue weighted by molar-refractivity contribution is 5.75. The Kier molecular flexibility index (Phi) is 3.64. The van der Waals surface area contributed by atoms with E-state index in [2.05, 4.69) is 0 Å². The molecule has 0 amide bonds. The highest BCUT2D eigenvalue weighted by atomic mass is 16.5. The van der Waals surface area contributed by atoms with E-state index >= 15 is 0 Å². The van der Waals surface area contributed by atoms with Gasteiger partial charge in [0.1, 0.15) is 11.8 Å². The first kappa shape index (κ1) is 11.9. The van der Waals surface area contributed by atoms with Gasteiger partial charge in [-0.05, 0) is 42.9 Å². The second kappa shape index (κ2) is 5.19. The van der Waals surface area contributed by atoms with Crippen molar-refractivity contribution in [2.75, 3.05) is 6.61 Å². The van der Waals surface area contributed by atoms with Crippen molar-refractivity contribution in [1.29, 1.82) is 0 Å². The molecule has 0 saturated heterocycles. The highest BCUT2D eigenvalue weighted by Crippen LogP contribution is 2.28. The Labute approximate surface area is 100 Å². The summed E-state index contributed by atoms with van der Waals surface area (Å²) in [4.78, 5) is 11.5. The fourth-order valence-corrected chi connectivity index (χ4v) is 1.56. The summed E-state index contributed by atoms with van der Waals surface area (Å²) in [5.74, 6) is 0.420. The molecule has 1 aliphatic carbocycles. The maximum Gasteiger partial charge on any atom is 0.323 e. The Morgan fingerprint density at radius 2 is 2.06 bits per heavy atom. The van der Waals surface area contributed by atoms with Crippen molar-refractivity contribution < 1.29 is 14.6 Å². The van der Waals surface area contributed by atoms with Gasteiger partial charge in [0.15, 0.2) is 0 Å². The third-order valence-corrected chi connectivity index (χ3v) is 2.85. The normalized spacial score (nSPS) is 16.5. The molecule has 1 saturated carbocycles. The average molecular weight is 235 g/mol. The van der Waals surface area contributed by atoms with Crippen LogP contribution < -0.4 is 5.73 Å². The van der Waals surface area contributed by atoms with Gasteiger partial charge in [0, 0.05) is 0 Å².